The predicted octanol–water partition coefficient (Wildman–Crippen LogP) is 4.96. The summed E-state index contributed by atoms with van der Waals surface area (Å²) in [5.74, 6) is 0.0279. The van der Waals surface area contributed by atoms with Gasteiger partial charge in [0.2, 0.25) is 5.91 Å². The predicted molar refractivity (Wildman–Crippen MR) is 155 cm³/mol. The van der Waals surface area contributed by atoms with Gasteiger partial charge in [0.25, 0.3) is 5.91 Å². The lowest BCUT2D eigenvalue weighted by molar-refractivity contribution is -0.125. The van der Waals surface area contributed by atoms with Crippen LogP contribution in [-0.2, 0) is 16.1 Å². The number of carbonyl (C=O) groups is 3. The van der Waals surface area contributed by atoms with E-state index >= 15 is 0 Å². The summed E-state index contributed by atoms with van der Waals surface area (Å²) in [6.45, 7) is 5.71. The molecule has 40 heavy (non-hydrogen) atoms. The first-order chi connectivity index (χ1) is 19.4. The molecule has 9 heteroatoms. The van der Waals surface area contributed by atoms with Crippen LogP contribution in [0.3, 0.4) is 0 Å². The molecule has 2 atom stereocenters. The number of nitrogens with zero attached hydrogens (tertiary/aromatic N) is 3. The molecule has 2 amide bonds. The second-order valence-electron chi connectivity index (χ2n) is 9.95. The summed E-state index contributed by atoms with van der Waals surface area (Å²) in [4.78, 5) is 40.3. The molecule has 0 saturated heterocycles. The van der Waals surface area contributed by atoms with Gasteiger partial charge in [0.05, 0.1) is 25.1 Å². The van der Waals surface area contributed by atoms with Crippen molar-refractivity contribution in [2.75, 3.05) is 33.3 Å². The fourth-order valence-electron chi connectivity index (χ4n) is 5.07. The van der Waals surface area contributed by atoms with Crippen molar-refractivity contribution >= 4 is 29.7 Å². The normalized spacial score (nSPS) is 14.0. The van der Waals surface area contributed by atoms with Crippen LogP contribution in [0.25, 0.3) is 0 Å². The van der Waals surface area contributed by atoms with E-state index in [4.69, 9.17) is 16.3 Å². The molecule has 2 unspecified atom stereocenters. The number of halogens is 1. The first-order valence-electron chi connectivity index (χ1n) is 14.0. The number of fused-ring (bicyclic) bond motifs is 1. The lowest BCUT2D eigenvalue weighted by atomic mass is 9.97. The number of hydrogen-bond donors (Lipinski definition) is 1. The smallest absolute Gasteiger partial charge is 0.255 e. The molecule has 1 aliphatic rings. The van der Waals surface area contributed by atoms with Crippen LogP contribution in [0, 0.1) is 11.3 Å². The van der Waals surface area contributed by atoms with Crippen molar-refractivity contribution in [1.29, 1.82) is 5.26 Å². The summed E-state index contributed by atoms with van der Waals surface area (Å²) >= 11 is 5.98. The van der Waals surface area contributed by atoms with Gasteiger partial charge in [-0.15, -0.1) is 0 Å². The van der Waals surface area contributed by atoms with E-state index in [2.05, 4.69) is 23.2 Å². The first-order valence-corrected chi connectivity index (χ1v) is 14.4. The van der Waals surface area contributed by atoms with Crippen molar-refractivity contribution in [2.24, 2.45) is 0 Å². The molecule has 1 heterocycles. The van der Waals surface area contributed by atoms with Gasteiger partial charge >= 0.3 is 0 Å². The highest BCUT2D eigenvalue weighted by Gasteiger charge is 2.37. The van der Waals surface area contributed by atoms with E-state index < -0.39 is 6.04 Å². The Morgan fingerprint density at radius 1 is 1.18 bits per heavy atom. The van der Waals surface area contributed by atoms with Crippen molar-refractivity contribution in [3.05, 3.63) is 64.2 Å². The SMILES string of the molecule is CCN(CCCCCOc1cccc2c1CN(C(CCC=O)C(=O)NC)C2=O)CCC(C#N)c1ccc(Cl)cc1. The Hall–Kier alpha value is -3.41. The van der Waals surface area contributed by atoms with Crippen molar-refractivity contribution in [3.63, 3.8) is 0 Å². The van der Waals surface area contributed by atoms with Gasteiger partial charge in [0.15, 0.2) is 0 Å². The Morgan fingerprint density at radius 3 is 2.62 bits per heavy atom. The van der Waals surface area contributed by atoms with E-state index in [1.165, 1.54) is 11.9 Å². The van der Waals surface area contributed by atoms with Crippen LogP contribution < -0.4 is 10.1 Å². The van der Waals surface area contributed by atoms with Gasteiger partial charge in [0, 0.05) is 29.6 Å². The van der Waals surface area contributed by atoms with E-state index in [0.29, 0.717) is 22.9 Å². The number of amides is 2. The van der Waals surface area contributed by atoms with Crippen molar-refractivity contribution in [1.82, 2.24) is 15.1 Å². The standard InChI is InChI=1S/C31H39ClN4O4/c1-3-35(18-16-24(21-33)23-12-14-25(32)15-13-23)17-5-4-6-20-40-29-11-7-9-26-27(29)22-36(31(26)39)28(10-8-19-37)30(38)34-2/h7,9,11-15,19,24,28H,3-6,8,10,16-18,20,22H2,1-2H3,(H,34,38). The zero-order valence-electron chi connectivity index (χ0n) is 23.4. The Morgan fingerprint density at radius 2 is 1.95 bits per heavy atom. The fourth-order valence-corrected chi connectivity index (χ4v) is 5.20. The summed E-state index contributed by atoms with van der Waals surface area (Å²) in [6, 6.07) is 14.7. The summed E-state index contributed by atoms with van der Waals surface area (Å²) in [7, 11) is 1.53. The maximum Gasteiger partial charge on any atom is 0.255 e. The minimum atomic E-state index is -0.695. The molecular weight excluding hydrogens is 528 g/mol. The minimum Gasteiger partial charge on any atom is -0.493 e. The molecule has 0 aromatic heterocycles. The van der Waals surface area contributed by atoms with Gasteiger partial charge in [-0.25, -0.2) is 0 Å². The monoisotopic (exact) mass is 566 g/mol. The van der Waals surface area contributed by atoms with Crippen LogP contribution in [0.15, 0.2) is 42.5 Å². The first kappa shape index (κ1) is 31.1. The molecular formula is C31H39ClN4O4. The number of benzene rings is 2. The number of likely N-dealkylation sites (N-methyl/N-ethyl adjacent to an activating group) is 1. The minimum absolute atomic E-state index is 0.147. The van der Waals surface area contributed by atoms with Crippen LogP contribution in [0.4, 0.5) is 0 Å². The largest absolute Gasteiger partial charge is 0.493 e. The highest BCUT2D eigenvalue weighted by Crippen LogP contribution is 2.33. The van der Waals surface area contributed by atoms with Crippen LogP contribution in [0.5, 0.6) is 5.75 Å². The molecule has 0 saturated carbocycles. The lowest BCUT2D eigenvalue weighted by Crippen LogP contribution is -2.46. The molecule has 0 fully saturated rings. The molecule has 2 aromatic carbocycles. The third kappa shape index (κ3) is 8.30. The number of aldehydes is 1. The zero-order chi connectivity index (χ0) is 28.9. The number of rotatable bonds is 17. The molecule has 214 valence electrons. The molecule has 0 spiro atoms. The van der Waals surface area contributed by atoms with Gasteiger partial charge in [-0.3, -0.25) is 9.59 Å². The van der Waals surface area contributed by atoms with E-state index in [-0.39, 0.29) is 37.1 Å². The average molecular weight is 567 g/mol. The number of nitriles is 1. The summed E-state index contributed by atoms with van der Waals surface area (Å²) in [6.07, 6.45) is 4.94. The molecule has 1 N–H and O–H groups in total. The van der Waals surface area contributed by atoms with Crippen molar-refractivity contribution in [2.45, 2.75) is 64.0 Å². The van der Waals surface area contributed by atoms with E-state index in [0.717, 1.165) is 62.7 Å². The number of hydrogen-bond acceptors (Lipinski definition) is 6. The summed E-state index contributed by atoms with van der Waals surface area (Å²) in [5, 5.41) is 12.9. The Labute approximate surface area is 242 Å². The summed E-state index contributed by atoms with van der Waals surface area (Å²) < 4.78 is 6.08. The zero-order valence-corrected chi connectivity index (χ0v) is 24.2. The van der Waals surface area contributed by atoms with Crippen LogP contribution in [0.2, 0.25) is 5.02 Å². The van der Waals surface area contributed by atoms with Gasteiger partial charge in [-0.1, -0.05) is 36.7 Å². The van der Waals surface area contributed by atoms with Crippen LogP contribution >= 0.6 is 11.6 Å². The van der Waals surface area contributed by atoms with Gasteiger partial charge in [0.1, 0.15) is 18.1 Å². The molecule has 0 bridgehead atoms. The third-order valence-electron chi connectivity index (χ3n) is 7.42. The molecule has 3 rings (SSSR count). The number of ether oxygens (including phenoxy) is 1. The number of carbonyl (C=O) groups excluding carboxylic acids is 3. The molecule has 1 aliphatic heterocycles. The van der Waals surface area contributed by atoms with E-state index in [1.807, 2.05) is 30.3 Å². The van der Waals surface area contributed by atoms with Crippen molar-refractivity contribution in [3.8, 4) is 11.8 Å². The van der Waals surface area contributed by atoms with Crippen LogP contribution in [0.1, 0.15) is 72.9 Å². The second-order valence-corrected chi connectivity index (χ2v) is 10.4. The lowest BCUT2D eigenvalue weighted by Gasteiger charge is -2.25. The third-order valence-corrected chi connectivity index (χ3v) is 7.67. The molecule has 8 nitrogen and oxygen atoms in total. The maximum atomic E-state index is 13.1. The Kier molecular flexibility index (Phi) is 12.4. The number of unbranched alkanes of at least 4 members (excludes halogenated alkanes) is 2. The quantitative estimate of drug-likeness (QED) is 0.214. The fraction of sp³-hybridized carbons (Fsp3) is 0.484. The van der Waals surface area contributed by atoms with E-state index in [9.17, 15) is 19.6 Å². The highest BCUT2D eigenvalue weighted by atomic mass is 35.5. The van der Waals surface area contributed by atoms with Gasteiger partial charge in [-0.05, 0) is 81.6 Å². The summed E-state index contributed by atoms with van der Waals surface area (Å²) in [5.41, 5.74) is 2.34. The molecule has 2 aromatic rings. The Balaban J connectivity index is 1.44. The van der Waals surface area contributed by atoms with Gasteiger partial charge in [-0.2, -0.15) is 5.26 Å². The molecule has 0 aliphatic carbocycles. The van der Waals surface area contributed by atoms with Crippen molar-refractivity contribution < 1.29 is 19.1 Å². The van der Waals surface area contributed by atoms with Crippen LogP contribution in [-0.4, -0.2) is 67.2 Å². The number of nitrogens with one attached hydrogen (secondary N) is 1. The van der Waals surface area contributed by atoms with E-state index in [1.54, 1.807) is 12.1 Å². The topological polar surface area (TPSA) is 103 Å². The van der Waals surface area contributed by atoms with Gasteiger partial charge < -0.3 is 24.6 Å². The molecule has 0 radical (unpaired) electrons. The average Bonchev–Trinajstić information content (AvgIpc) is 3.31. The second kappa shape index (κ2) is 16.0. The highest BCUT2D eigenvalue weighted by molar-refractivity contribution is 6.30. The maximum absolute atomic E-state index is 13.1. The Bertz CT molecular complexity index is 1180.